The lowest BCUT2D eigenvalue weighted by Gasteiger charge is -1.98. The lowest BCUT2D eigenvalue weighted by atomic mass is 10.2. The van der Waals surface area contributed by atoms with Crippen molar-refractivity contribution < 1.29 is 5.11 Å². The average molecular weight is 227 g/mol. The van der Waals surface area contributed by atoms with E-state index in [-0.39, 0.29) is 5.75 Å². The molecule has 2 aromatic heterocycles. The maximum absolute atomic E-state index is 9.36. The number of nitrogens with zero attached hydrogens (tertiary/aromatic N) is 1. The number of hydrogen-bond donors (Lipinski definition) is 2. The second-order valence-electron chi connectivity index (χ2n) is 2.63. The number of aromatic amines is 1. The van der Waals surface area contributed by atoms with Crippen LogP contribution in [0.3, 0.4) is 0 Å². The largest absolute Gasteiger partial charge is 0.506 e. The average Bonchev–Trinajstić information content (AvgIpc) is 2.41. The van der Waals surface area contributed by atoms with E-state index in [9.17, 15) is 5.11 Å². The minimum Gasteiger partial charge on any atom is -0.506 e. The molecule has 2 N–H and O–H groups in total. The summed E-state index contributed by atoms with van der Waals surface area (Å²) in [7, 11) is 0. The molecule has 2 heterocycles. The minimum absolute atomic E-state index is 0.225. The molecule has 0 spiro atoms. The van der Waals surface area contributed by atoms with Gasteiger partial charge in [-0.2, -0.15) is 0 Å². The Morgan fingerprint density at radius 2 is 2.33 bits per heavy atom. The fourth-order valence-corrected chi connectivity index (χ4v) is 1.80. The van der Waals surface area contributed by atoms with Crippen LogP contribution in [0.1, 0.15) is 5.56 Å². The first kappa shape index (κ1) is 7.61. The van der Waals surface area contributed by atoms with Gasteiger partial charge >= 0.3 is 0 Å². The Morgan fingerprint density at radius 1 is 1.58 bits per heavy atom. The fourth-order valence-electron chi connectivity index (χ4n) is 1.20. The van der Waals surface area contributed by atoms with E-state index in [2.05, 4.69) is 25.9 Å². The number of aryl methyl sites for hydroxylation is 1. The van der Waals surface area contributed by atoms with Gasteiger partial charge in [-0.05, 0) is 22.9 Å². The molecule has 0 atom stereocenters. The predicted octanol–water partition coefficient (Wildman–Crippen LogP) is 2.34. The zero-order chi connectivity index (χ0) is 8.72. The van der Waals surface area contributed by atoms with Crippen LogP contribution < -0.4 is 0 Å². The summed E-state index contributed by atoms with van der Waals surface area (Å²) in [5.74, 6) is 0.225. The van der Waals surface area contributed by atoms with Crippen LogP contribution >= 0.6 is 15.9 Å². The van der Waals surface area contributed by atoms with Crippen molar-refractivity contribution in [3.63, 3.8) is 0 Å². The first-order chi connectivity index (χ1) is 5.70. The molecule has 0 radical (unpaired) electrons. The van der Waals surface area contributed by atoms with Gasteiger partial charge in [0.15, 0.2) is 0 Å². The Hall–Kier alpha value is -1.03. The maximum atomic E-state index is 9.36. The van der Waals surface area contributed by atoms with Gasteiger partial charge in [0.1, 0.15) is 11.4 Å². The molecular formula is C8H7BrN2O. The second kappa shape index (κ2) is 2.48. The lowest BCUT2D eigenvalue weighted by molar-refractivity contribution is 0.470. The van der Waals surface area contributed by atoms with Gasteiger partial charge in [-0.15, -0.1) is 0 Å². The third kappa shape index (κ3) is 0.914. The van der Waals surface area contributed by atoms with Crippen molar-refractivity contribution in [3.05, 3.63) is 22.4 Å². The van der Waals surface area contributed by atoms with E-state index in [1.165, 1.54) is 6.20 Å². The summed E-state index contributed by atoms with van der Waals surface area (Å²) < 4.78 is 0.929. The number of fused-ring (bicyclic) bond motifs is 1. The molecule has 0 aliphatic rings. The van der Waals surface area contributed by atoms with Gasteiger partial charge in [0, 0.05) is 21.6 Å². The van der Waals surface area contributed by atoms with Crippen molar-refractivity contribution in [3.8, 4) is 5.75 Å². The highest BCUT2D eigenvalue weighted by atomic mass is 79.9. The summed E-state index contributed by atoms with van der Waals surface area (Å²) in [6, 6.07) is 0. The van der Waals surface area contributed by atoms with Crippen LogP contribution in [0.4, 0.5) is 0 Å². The van der Waals surface area contributed by atoms with Gasteiger partial charge in [-0.1, -0.05) is 0 Å². The van der Waals surface area contributed by atoms with Gasteiger partial charge in [0.25, 0.3) is 0 Å². The molecule has 4 heteroatoms. The molecule has 0 saturated heterocycles. The van der Waals surface area contributed by atoms with E-state index in [0.717, 1.165) is 21.1 Å². The Kier molecular flexibility index (Phi) is 1.58. The molecule has 2 rings (SSSR count). The molecular weight excluding hydrogens is 220 g/mol. The Morgan fingerprint density at radius 3 is 3.08 bits per heavy atom. The standard InChI is InChI=1S/C8H7BrN2O/c1-4-6(12)3-11-8-7(4)5(9)2-10-8/h2-3,12H,1H3,(H,10,11). The number of hydrogen-bond acceptors (Lipinski definition) is 2. The van der Waals surface area contributed by atoms with Crippen LogP contribution in [0.15, 0.2) is 16.9 Å². The van der Waals surface area contributed by atoms with E-state index in [4.69, 9.17) is 0 Å². The summed E-state index contributed by atoms with van der Waals surface area (Å²) in [6.45, 7) is 1.86. The molecule has 0 saturated carbocycles. The molecule has 3 nitrogen and oxygen atoms in total. The van der Waals surface area contributed by atoms with Crippen LogP contribution in [-0.2, 0) is 0 Å². The number of aromatic hydroxyl groups is 1. The minimum atomic E-state index is 0.225. The van der Waals surface area contributed by atoms with Gasteiger partial charge in [-0.3, -0.25) is 0 Å². The SMILES string of the molecule is Cc1c(O)cnc2[nH]cc(Br)c12. The summed E-state index contributed by atoms with van der Waals surface area (Å²) >= 11 is 3.37. The highest BCUT2D eigenvalue weighted by Crippen LogP contribution is 2.29. The van der Waals surface area contributed by atoms with Crippen molar-refractivity contribution in [1.82, 2.24) is 9.97 Å². The molecule has 0 amide bonds. The van der Waals surface area contributed by atoms with Crippen LogP contribution in [0, 0.1) is 6.92 Å². The number of nitrogens with one attached hydrogen (secondary N) is 1. The van der Waals surface area contributed by atoms with Crippen molar-refractivity contribution >= 4 is 27.0 Å². The Labute approximate surface area is 77.6 Å². The first-order valence-corrected chi connectivity index (χ1v) is 4.30. The van der Waals surface area contributed by atoms with E-state index >= 15 is 0 Å². The quantitative estimate of drug-likeness (QED) is 0.725. The zero-order valence-electron chi connectivity index (χ0n) is 6.43. The molecule has 0 fully saturated rings. The zero-order valence-corrected chi connectivity index (χ0v) is 8.01. The van der Waals surface area contributed by atoms with Crippen LogP contribution in [0.25, 0.3) is 11.0 Å². The number of H-pyrrole nitrogens is 1. The van der Waals surface area contributed by atoms with Gasteiger partial charge < -0.3 is 10.1 Å². The van der Waals surface area contributed by atoms with E-state index in [1.807, 2.05) is 13.1 Å². The molecule has 0 bridgehead atoms. The fraction of sp³-hybridized carbons (Fsp3) is 0.125. The predicted molar refractivity (Wildman–Crippen MR) is 50.2 cm³/mol. The Bertz CT molecular complexity index is 436. The topological polar surface area (TPSA) is 48.9 Å². The number of pyridine rings is 1. The number of halogens is 1. The summed E-state index contributed by atoms with van der Waals surface area (Å²) in [6.07, 6.45) is 3.25. The lowest BCUT2D eigenvalue weighted by Crippen LogP contribution is -1.81. The van der Waals surface area contributed by atoms with Crippen molar-refractivity contribution in [2.75, 3.05) is 0 Å². The molecule has 2 aromatic rings. The van der Waals surface area contributed by atoms with Crippen molar-refractivity contribution in [2.45, 2.75) is 6.92 Å². The maximum Gasteiger partial charge on any atom is 0.138 e. The van der Waals surface area contributed by atoms with Crippen LogP contribution in [0.5, 0.6) is 5.75 Å². The molecule has 0 aromatic carbocycles. The molecule has 0 aliphatic carbocycles. The highest BCUT2D eigenvalue weighted by Gasteiger charge is 2.07. The van der Waals surface area contributed by atoms with Crippen LogP contribution in [-0.4, -0.2) is 15.1 Å². The van der Waals surface area contributed by atoms with E-state index < -0.39 is 0 Å². The van der Waals surface area contributed by atoms with E-state index in [1.54, 1.807) is 0 Å². The van der Waals surface area contributed by atoms with Gasteiger partial charge in [0.05, 0.1) is 6.20 Å². The summed E-state index contributed by atoms with van der Waals surface area (Å²) in [4.78, 5) is 7.01. The summed E-state index contributed by atoms with van der Waals surface area (Å²) in [5, 5.41) is 10.3. The third-order valence-corrected chi connectivity index (χ3v) is 2.51. The number of aromatic nitrogens is 2. The highest BCUT2D eigenvalue weighted by molar-refractivity contribution is 9.10. The normalized spacial score (nSPS) is 10.8. The monoisotopic (exact) mass is 226 g/mol. The molecule has 62 valence electrons. The molecule has 0 unspecified atom stereocenters. The van der Waals surface area contributed by atoms with Gasteiger partial charge in [-0.25, -0.2) is 4.98 Å². The van der Waals surface area contributed by atoms with Crippen molar-refractivity contribution in [2.24, 2.45) is 0 Å². The van der Waals surface area contributed by atoms with Crippen molar-refractivity contribution in [1.29, 1.82) is 0 Å². The van der Waals surface area contributed by atoms with E-state index in [0.29, 0.717) is 0 Å². The number of rotatable bonds is 0. The van der Waals surface area contributed by atoms with Crippen LogP contribution in [0.2, 0.25) is 0 Å². The first-order valence-electron chi connectivity index (χ1n) is 3.51. The smallest absolute Gasteiger partial charge is 0.138 e. The second-order valence-corrected chi connectivity index (χ2v) is 3.48. The summed E-state index contributed by atoms with van der Waals surface area (Å²) in [5.41, 5.74) is 1.63. The third-order valence-electron chi connectivity index (χ3n) is 1.89. The van der Waals surface area contributed by atoms with Gasteiger partial charge in [0.2, 0.25) is 0 Å². The molecule has 12 heavy (non-hydrogen) atoms. The molecule has 0 aliphatic heterocycles. The Balaban J connectivity index is 2.96.